The van der Waals surface area contributed by atoms with Crippen molar-refractivity contribution in [3.63, 3.8) is 0 Å². The van der Waals surface area contributed by atoms with Crippen LogP contribution in [0, 0.1) is 0 Å². The molecule has 1 N–H and O–H groups in total. The first-order valence-corrected chi connectivity index (χ1v) is 6.25. The van der Waals surface area contributed by atoms with Gasteiger partial charge in [-0.1, -0.05) is 40.0 Å². The van der Waals surface area contributed by atoms with E-state index in [0.29, 0.717) is 0 Å². The number of hydrogen-bond acceptors (Lipinski definition) is 5. The van der Waals surface area contributed by atoms with Crippen LogP contribution in [0.4, 0.5) is 5.69 Å². The maximum atomic E-state index is 11.8. The summed E-state index contributed by atoms with van der Waals surface area (Å²) in [4.78, 5) is 38.5. The Hall–Kier alpha value is -1.63. The van der Waals surface area contributed by atoms with Gasteiger partial charge < -0.3 is 10.2 Å². The Labute approximate surface area is 127 Å². The van der Waals surface area contributed by atoms with E-state index in [4.69, 9.17) is 34.8 Å². The number of nitrogens with zero attached hydrogens (tertiary/aromatic N) is 1. The van der Waals surface area contributed by atoms with Crippen molar-refractivity contribution in [1.29, 1.82) is 0 Å². The van der Waals surface area contributed by atoms with E-state index in [2.05, 4.69) is 15.3 Å². The van der Waals surface area contributed by atoms with Gasteiger partial charge in [0, 0.05) is 12.5 Å². The van der Waals surface area contributed by atoms with Crippen molar-refractivity contribution in [2.24, 2.45) is 5.16 Å². The molecule has 1 heterocycles. The molecule has 1 aliphatic rings. The van der Waals surface area contributed by atoms with E-state index in [9.17, 15) is 14.4 Å². The zero-order valence-corrected chi connectivity index (χ0v) is 12.1. The molecule has 0 aliphatic carbocycles. The predicted molar refractivity (Wildman–Crippen MR) is 73.4 cm³/mol. The molecule has 0 bridgehead atoms. The largest absolute Gasteiger partial charge is 0.332 e. The van der Waals surface area contributed by atoms with Gasteiger partial charge in [-0.25, -0.2) is 4.79 Å². The highest BCUT2D eigenvalue weighted by atomic mass is 35.5. The Bertz CT molecular complexity index is 685. The van der Waals surface area contributed by atoms with Gasteiger partial charge in [-0.15, -0.1) is 0 Å². The summed E-state index contributed by atoms with van der Waals surface area (Å²) in [5.74, 6) is -2.69. The Balaban J connectivity index is 2.67. The molecule has 20 heavy (non-hydrogen) atoms. The number of carbonyl (C=O) groups is 3. The summed E-state index contributed by atoms with van der Waals surface area (Å²) in [6, 6.07) is 1.30. The highest BCUT2D eigenvalue weighted by Crippen LogP contribution is 2.40. The number of anilines is 1. The first-order chi connectivity index (χ1) is 9.32. The molecule has 6 nitrogen and oxygen atoms in total. The smallest absolute Gasteiger partial charge is 0.318 e. The van der Waals surface area contributed by atoms with Crippen molar-refractivity contribution >= 4 is 63.9 Å². The average molecular weight is 336 g/mol. The number of hydrogen-bond donors (Lipinski definition) is 1. The summed E-state index contributed by atoms with van der Waals surface area (Å²) < 4.78 is 0. The second kappa shape index (κ2) is 5.40. The van der Waals surface area contributed by atoms with Crippen molar-refractivity contribution in [1.82, 2.24) is 0 Å². The Kier molecular flexibility index (Phi) is 3.99. The van der Waals surface area contributed by atoms with E-state index in [0.717, 1.165) is 6.92 Å². The molecule has 1 aromatic carbocycles. The number of carbonyl (C=O) groups excluding carboxylic acids is 3. The van der Waals surface area contributed by atoms with E-state index in [1.165, 1.54) is 6.07 Å². The fraction of sp³-hybridized carbons (Fsp3) is 0.0909. The molecule has 0 fully saturated rings. The first kappa shape index (κ1) is 14.8. The Morgan fingerprint density at radius 1 is 1.25 bits per heavy atom. The van der Waals surface area contributed by atoms with E-state index in [1.54, 1.807) is 0 Å². The molecule has 2 rings (SSSR count). The summed E-state index contributed by atoms with van der Waals surface area (Å²) in [5, 5.41) is 5.69. The number of oxime groups is 1. The van der Waals surface area contributed by atoms with Gasteiger partial charge in [-0.2, -0.15) is 0 Å². The van der Waals surface area contributed by atoms with Gasteiger partial charge in [0.15, 0.2) is 5.71 Å². The average Bonchev–Trinajstić information content (AvgIpc) is 2.38. The quantitative estimate of drug-likeness (QED) is 0.370. The molecular formula is C11H5Cl3N2O4. The zero-order valence-electron chi connectivity index (χ0n) is 9.79. The number of amides is 1. The second-order valence-corrected chi connectivity index (χ2v) is 4.88. The van der Waals surface area contributed by atoms with Crippen LogP contribution in [0.1, 0.15) is 12.5 Å². The second-order valence-electron chi connectivity index (χ2n) is 3.71. The SMILES string of the molecule is CC(=O)ON=C1C(=O)C(=O)Nc2c1cc(Cl)c(Cl)c2Cl. The highest BCUT2D eigenvalue weighted by molar-refractivity contribution is 6.72. The van der Waals surface area contributed by atoms with E-state index >= 15 is 0 Å². The third-order valence-electron chi connectivity index (χ3n) is 2.34. The van der Waals surface area contributed by atoms with Gasteiger partial charge in [0.1, 0.15) is 0 Å². The molecule has 1 amide bonds. The molecule has 0 radical (unpaired) electrons. The lowest BCUT2D eigenvalue weighted by molar-refractivity contribution is -0.141. The number of benzene rings is 1. The minimum absolute atomic E-state index is 0.0218. The lowest BCUT2D eigenvalue weighted by Crippen LogP contribution is -2.36. The van der Waals surface area contributed by atoms with Crippen molar-refractivity contribution in [3.05, 3.63) is 26.7 Å². The molecule has 0 saturated carbocycles. The number of nitrogens with one attached hydrogen (secondary N) is 1. The molecular weight excluding hydrogens is 330 g/mol. The molecule has 1 aliphatic heterocycles. The topological polar surface area (TPSA) is 84.8 Å². The van der Waals surface area contributed by atoms with Crippen LogP contribution in [-0.4, -0.2) is 23.4 Å². The fourth-order valence-electron chi connectivity index (χ4n) is 1.50. The summed E-state index contributed by atoms with van der Waals surface area (Å²) in [6.45, 7) is 1.10. The molecule has 0 saturated heterocycles. The molecule has 0 unspecified atom stereocenters. The van der Waals surface area contributed by atoms with E-state index in [1.807, 2.05) is 0 Å². The van der Waals surface area contributed by atoms with Crippen LogP contribution in [0.25, 0.3) is 0 Å². The molecule has 104 valence electrons. The van der Waals surface area contributed by atoms with Crippen LogP contribution >= 0.6 is 34.8 Å². The van der Waals surface area contributed by atoms with E-state index < -0.39 is 17.7 Å². The lowest BCUT2D eigenvalue weighted by Gasteiger charge is -2.19. The summed E-state index contributed by atoms with van der Waals surface area (Å²) in [6.07, 6.45) is 0. The van der Waals surface area contributed by atoms with Gasteiger partial charge in [0.05, 0.1) is 20.8 Å². The van der Waals surface area contributed by atoms with Crippen LogP contribution in [0.2, 0.25) is 15.1 Å². The van der Waals surface area contributed by atoms with Crippen LogP contribution in [-0.2, 0) is 19.2 Å². The van der Waals surface area contributed by atoms with Gasteiger partial charge in [-0.05, 0) is 6.07 Å². The minimum Gasteiger partial charge on any atom is -0.318 e. The van der Waals surface area contributed by atoms with Gasteiger partial charge in [-0.3, -0.25) is 9.59 Å². The molecule has 0 spiro atoms. The highest BCUT2D eigenvalue weighted by Gasteiger charge is 2.34. The maximum absolute atomic E-state index is 11.8. The normalized spacial score (nSPS) is 15.9. The van der Waals surface area contributed by atoms with Crippen LogP contribution in [0.3, 0.4) is 0 Å². The Morgan fingerprint density at radius 3 is 2.50 bits per heavy atom. The Morgan fingerprint density at radius 2 is 1.90 bits per heavy atom. The van der Waals surface area contributed by atoms with Crippen molar-refractivity contribution in [2.45, 2.75) is 6.92 Å². The first-order valence-electron chi connectivity index (χ1n) is 5.12. The lowest BCUT2D eigenvalue weighted by atomic mass is 10.00. The van der Waals surface area contributed by atoms with Crippen molar-refractivity contribution in [3.8, 4) is 0 Å². The molecule has 1 aromatic rings. The number of halogens is 3. The maximum Gasteiger partial charge on any atom is 0.332 e. The van der Waals surface area contributed by atoms with Crippen LogP contribution in [0.5, 0.6) is 0 Å². The number of fused-ring (bicyclic) bond motifs is 1. The number of rotatable bonds is 1. The van der Waals surface area contributed by atoms with E-state index in [-0.39, 0.29) is 32.0 Å². The minimum atomic E-state index is -0.979. The number of ketones is 1. The summed E-state index contributed by atoms with van der Waals surface area (Å²) in [5.41, 5.74) is -0.175. The number of Topliss-reactive ketones (excluding diaryl/α,β-unsaturated/α-hetero) is 1. The zero-order chi connectivity index (χ0) is 15.0. The third-order valence-corrected chi connectivity index (χ3v) is 3.60. The monoisotopic (exact) mass is 334 g/mol. The molecule has 0 atom stereocenters. The molecule has 9 heteroatoms. The fourth-order valence-corrected chi connectivity index (χ4v) is 2.16. The summed E-state index contributed by atoms with van der Waals surface area (Å²) in [7, 11) is 0. The van der Waals surface area contributed by atoms with Crippen LogP contribution < -0.4 is 5.32 Å². The van der Waals surface area contributed by atoms with Crippen molar-refractivity contribution in [2.75, 3.05) is 5.32 Å². The van der Waals surface area contributed by atoms with Gasteiger partial charge in [0.2, 0.25) is 0 Å². The van der Waals surface area contributed by atoms with Gasteiger partial charge in [0.25, 0.3) is 11.7 Å². The third kappa shape index (κ3) is 2.49. The molecule has 0 aromatic heterocycles. The predicted octanol–water partition coefficient (Wildman–Crippen LogP) is 2.44. The standard InChI is InChI=1S/C11H5Cl3N2O4/c1-3(17)20-16-9-4-2-5(12)6(13)7(14)8(4)15-11(19)10(9)18/h2H,1H3,(H,15,19). The van der Waals surface area contributed by atoms with Gasteiger partial charge >= 0.3 is 5.97 Å². The summed E-state index contributed by atoms with van der Waals surface area (Å²) >= 11 is 17.7. The van der Waals surface area contributed by atoms with Crippen molar-refractivity contribution < 1.29 is 19.2 Å². The van der Waals surface area contributed by atoms with Crippen LogP contribution in [0.15, 0.2) is 11.2 Å².